The Morgan fingerprint density at radius 2 is 2.15 bits per heavy atom. The van der Waals surface area contributed by atoms with E-state index in [9.17, 15) is 19.7 Å². The Balaban J connectivity index is 3.06. The summed E-state index contributed by atoms with van der Waals surface area (Å²) in [5, 5.41) is 19.1. The molecule has 8 heteroatoms. The summed E-state index contributed by atoms with van der Waals surface area (Å²) in [6, 6.07) is 3.37. The number of nitro groups is 1. The van der Waals surface area contributed by atoms with Gasteiger partial charge in [-0.1, -0.05) is 17.5 Å². The minimum Gasteiger partial charge on any atom is -0.480 e. The van der Waals surface area contributed by atoms with Crippen LogP contribution in [0.3, 0.4) is 0 Å². The molecule has 0 saturated carbocycles. The highest BCUT2D eigenvalue weighted by atomic mass is 35.5. The highest BCUT2D eigenvalue weighted by Crippen LogP contribution is 2.25. The van der Waals surface area contributed by atoms with Gasteiger partial charge in [0.15, 0.2) is 0 Å². The SMILES string of the molecule is C#CCN(CC(=O)O)C(=O)c1ccc([N+](=O)[O-])c(Cl)c1. The van der Waals surface area contributed by atoms with E-state index in [0.717, 1.165) is 17.0 Å². The predicted octanol–water partition coefficient (Wildman–Crippen LogP) is 1.41. The minimum absolute atomic E-state index is 0.0251. The maximum Gasteiger partial charge on any atom is 0.323 e. The van der Waals surface area contributed by atoms with Crippen LogP contribution in [-0.2, 0) is 4.79 Å². The van der Waals surface area contributed by atoms with Crippen LogP contribution in [0.2, 0.25) is 5.02 Å². The Morgan fingerprint density at radius 3 is 2.60 bits per heavy atom. The summed E-state index contributed by atoms with van der Waals surface area (Å²) in [4.78, 5) is 33.5. The molecule has 0 radical (unpaired) electrons. The molecule has 0 fully saturated rings. The molecule has 0 unspecified atom stereocenters. The lowest BCUT2D eigenvalue weighted by Gasteiger charge is -2.17. The minimum atomic E-state index is -1.22. The van der Waals surface area contributed by atoms with E-state index in [2.05, 4.69) is 5.92 Å². The predicted molar refractivity (Wildman–Crippen MR) is 70.5 cm³/mol. The third-order valence-electron chi connectivity index (χ3n) is 2.29. The van der Waals surface area contributed by atoms with Crippen molar-refractivity contribution in [1.82, 2.24) is 4.90 Å². The van der Waals surface area contributed by atoms with Gasteiger partial charge in [-0.25, -0.2) is 0 Å². The number of amides is 1. The summed E-state index contributed by atoms with van der Waals surface area (Å²) in [6.07, 6.45) is 5.06. The molecule has 7 nitrogen and oxygen atoms in total. The Labute approximate surface area is 118 Å². The molecule has 20 heavy (non-hydrogen) atoms. The molecule has 1 aromatic carbocycles. The third kappa shape index (κ3) is 3.70. The first-order valence-electron chi connectivity index (χ1n) is 5.25. The molecule has 0 aliphatic rings. The van der Waals surface area contributed by atoms with Crippen LogP contribution in [0, 0.1) is 22.5 Å². The Bertz CT molecular complexity index is 608. The van der Waals surface area contributed by atoms with E-state index in [1.807, 2.05) is 0 Å². The second-order valence-corrected chi connectivity index (χ2v) is 4.09. The van der Waals surface area contributed by atoms with Crippen LogP contribution in [0.15, 0.2) is 18.2 Å². The van der Waals surface area contributed by atoms with Crippen LogP contribution in [-0.4, -0.2) is 39.9 Å². The molecule has 104 valence electrons. The number of halogens is 1. The van der Waals surface area contributed by atoms with Crippen molar-refractivity contribution in [3.63, 3.8) is 0 Å². The van der Waals surface area contributed by atoms with Gasteiger partial charge >= 0.3 is 5.97 Å². The molecule has 0 bridgehead atoms. The molecule has 1 aromatic rings. The third-order valence-corrected chi connectivity index (χ3v) is 2.59. The number of hydrogen-bond acceptors (Lipinski definition) is 4. The number of nitro benzene ring substituents is 1. The van der Waals surface area contributed by atoms with Crippen molar-refractivity contribution in [2.24, 2.45) is 0 Å². The van der Waals surface area contributed by atoms with E-state index in [4.69, 9.17) is 23.1 Å². The fourth-order valence-corrected chi connectivity index (χ4v) is 1.69. The maximum absolute atomic E-state index is 12.0. The molecule has 0 heterocycles. The highest BCUT2D eigenvalue weighted by Gasteiger charge is 2.20. The van der Waals surface area contributed by atoms with Crippen LogP contribution < -0.4 is 0 Å². The summed E-state index contributed by atoms with van der Waals surface area (Å²) in [6.45, 7) is -0.766. The fraction of sp³-hybridized carbons (Fsp3) is 0.167. The van der Waals surface area contributed by atoms with Crippen molar-refractivity contribution in [2.75, 3.05) is 13.1 Å². The van der Waals surface area contributed by atoms with Crippen LogP contribution >= 0.6 is 11.6 Å². The fourth-order valence-electron chi connectivity index (χ4n) is 1.44. The zero-order chi connectivity index (χ0) is 15.3. The van der Waals surface area contributed by atoms with Gasteiger partial charge in [0.1, 0.15) is 11.6 Å². The first kappa shape index (κ1) is 15.5. The van der Waals surface area contributed by atoms with Crippen LogP contribution in [0.4, 0.5) is 5.69 Å². The van der Waals surface area contributed by atoms with E-state index in [1.54, 1.807) is 0 Å². The topological polar surface area (TPSA) is 101 Å². The van der Waals surface area contributed by atoms with Crippen LogP contribution in [0.25, 0.3) is 0 Å². The Morgan fingerprint density at radius 1 is 1.50 bits per heavy atom. The lowest BCUT2D eigenvalue weighted by Crippen LogP contribution is -2.36. The number of hydrogen-bond donors (Lipinski definition) is 1. The lowest BCUT2D eigenvalue weighted by atomic mass is 10.1. The molecule has 0 aliphatic heterocycles. The van der Waals surface area contributed by atoms with Gasteiger partial charge in [0.2, 0.25) is 0 Å². The quantitative estimate of drug-likeness (QED) is 0.503. The molecular weight excluding hydrogens is 288 g/mol. The van der Waals surface area contributed by atoms with Crippen molar-refractivity contribution in [3.05, 3.63) is 38.9 Å². The van der Waals surface area contributed by atoms with Crippen molar-refractivity contribution in [1.29, 1.82) is 0 Å². The second-order valence-electron chi connectivity index (χ2n) is 3.68. The average molecular weight is 297 g/mol. The summed E-state index contributed by atoms with van der Waals surface area (Å²) in [5.41, 5.74) is -0.318. The van der Waals surface area contributed by atoms with Gasteiger partial charge in [0, 0.05) is 11.6 Å². The van der Waals surface area contributed by atoms with Gasteiger partial charge in [0.25, 0.3) is 11.6 Å². The van der Waals surface area contributed by atoms with E-state index in [0.29, 0.717) is 0 Å². The van der Waals surface area contributed by atoms with E-state index < -0.39 is 23.3 Å². The highest BCUT2D eigenvalue weighted by molar-refractivity contribution is 6.33. The standard InChI is InChI=1S/C12H9ClN2O5/c1-2-5-14(7-11(16)17)12(18)8-3-4-10(15(19)20)9(13)6-8/h1,3-4,6H,5,7H2,(H,16,17). The van der Waals surface area contributed by atoms with Crippen molar-refractivity contribution >= 4 is 29.2 Å². The number of rotatable bonds is 5. The van der Waals surface area contributed by atoms with Gasteiger partial charge in [0.05, 0.1) is 11.5 Å². The molecule has 1 amide bonds. The first-order valence-corrected chi connectivity index (χ1v) is 5.63. The zero-order valence-electron chi connectivity index (χ0n) is 10.1. The number of carboxylic acids is 1. The van der Waals surface area contributed by atoms with Crippen molar-refractivity contribution < 1.29 is 19.6 Å². The van der Waals surface area contributed by atoms with Gasteiger partial charge < -0.3 is 10.0 Å². The number of carbonyl (C=O) groups is 2. The van der Waals surface area contributed by atoms with Crippen molar-refractivity contribution in [3.8, 4) is 12.3 Å². The van der Waals surface area contributed by atoms with Crippen LogP contribution in [0.5, 0.6) is 0 Å². The number of nitrogens with zero attached hydrogens (tertiary/aromatic N) is 2. The number of terminal acetylenes is 1. The Kier molecular flexibility index (Phi) is 5.06. The molecule has 0 aliphatic carbocycles. The van der Waals surface area contributed by atoms with E-state index in [1.165, 1.54) is 6.07 Å². The van der Waals surface area contributed by atoms with Gasteiger partial charge in [-0.2, -0.15) is 0 Å². The summed E-state index contributed by atoms with van der Waals surface area (Å²) in [7, 11) is 0. The number of carbonyl (C=O) groups excluding carboxylic acids is 1. The summed E-state index contributed by atoms with van der Waals surface area (Å²) < 4.78 is 0. The van der Waals surface area contributed by atoms with E-state index >= 15 is 0 Å². The largest absolute Gasteiger partial charge is 0.480 e. The molecule has 0 aromatic heterocycles. The summed E-state index contributed by atoms with van der Waals surface area (Å²) >= 11 is 5.69. The maximum atomic E-state index is 12.0. The number of aliphatic carboxylic acids is 1. The zero-order valence-corrected chi connectivity index (χ0v) is 10.8. The Hall–Kier alpha value is -2.59. The van der Waals surface area contributed by atoms with Gasteiger partial charge in [-0.15, -0.1) is 6.42 Å². The van der Waals surface area contributed by atoms with Gasteiger partial charge in [-0.3, -0.25) is 19.7 Å². The van der Waals surface area contributed by atoms with Crippen molar-refractivity contribution in [2.45, 2.75) is 0 Å². The number of benzene rings is 1. The average Bonchev–Trinajstić information content (AvgIpc) is 2.36. The molecule has 0 saturated heterocycles. The second kappa shape index (κ2) is 6.54. The van der Waals surface area contributed by atoms with Gasteiger partial charge in [-0.05, 0) is 12.1 Å². The summed E-state index contributed by atoms with van der Waals surface area (Å²) in [5.74, 6) is 0.283. The molecule has 1 rings (SSSR count). The molecule has 0 spiro atoms. The monoisotopic (exact) mass is 296 g/mol. The molecule has 0 atom stereocenters. The smallest absolute Gasteiger partial charge is 0.323 e. The molecule has 1 N–H and O–H groups in total. The van der Waals surface area contributed by atoms with E-state index in [-0.39, 0.29) is 22.8 Å². The molecular formula is C12H9ClN2O5. The lowest BCUT2D eigenvalue weighted by molar-refractivity contribution is -0.384. The van der Waals surface area contributed by atoms with Crippen LogP contribution in [0.1, 0.15) is 10.4 Å². The number of carboxylic acid groups (broad SMARTS) is 1. The first-order chi connectivity index (χ1) is 9.36. The normalized spacial score (nSPS) is 9.60.